The van der Waals surface area contributed by atoms with Gasteiger partial charge in [0.15, 0.2) is 11.5 Å². The standard InChI is InChI=1S/C21H32N2O4/c1-15(2)12-17(21(25)23-10-6-5-7-11-23)22-20(24)14-16-8-9-18(26-3)19(13-16)27-4/h8-9,13,15,17H,5-7,10-12,14H2,1-4H3,(H,22,24)/t17-/m0/s1. The van der Waals surface area contributed by atoms with Crippen LogP contribution in [-0.4, -0.2) is 50.1 Å². The van der Waals surface area contributed by atoms with Crippen molar-refractivity contribution >= 4 is 11.8 Å². The Morgan fingerprint density at radius 1 is 1.07 bits per heavy atom. The van der Waals surface area contributed by atoms with Gasteiger partial charge in [-0.1, -0.05) is 19.9 Å². The van der Waals surface area contributed by atoms with E-state index in [9.17, 15) is 9.59 Å². The maximum atomic E-state index is 12.9. The van der Waals surface area contributed by atoms with Gasteiger partial charge in [-0.3, -0.25) is 9.59 Å². The molecule has 1 N–H and O–H groups in total. The smallest absolute Gasteiger partial charge is 0.245 e. The molecular formula is C21H32N2O4. The number of carbonyl (C=O) groups is 2. The Kier molecular flexibility index (Phi) is 7.95. The highest BCUT2D eigenvalue weighted by Crippen LogP contribution is 2.27. The Balaban J connectivity index is 2.03. The van der Waals surface area contributed by atoms with Crippen LogP contribution in [0.5, 0.6) is 11.5 Å². The summed E-state index contributed by atoms with van der Waals surface area (Å²) in [5.41, 5.74) is 0.818. The zero-order valence-corrected chi connectivity index (χ0v) is 16.9. The molecule has 0 spiro atoms. The van der Waals surface area contributed by atoms with Crippen molar-refractivity contribution in [3.05, 3.63) is 23.8 Å². The number of benzene rings is 1. The summed E-state index contributed by atoms with van der Waals surface area (Å²) in [6, 6.07) is 4.95. The van der Waals surface area contributed by atoms with Gasteiger partial charge in [-0.15, -0.1) is 0 Å². The summed E-state index contributed by atoms with van der Waals surface area (Å²) in [5, 5.41) is 2.96. The summed E-state index contributed by atoms with van der Waals surface area (Å²) in [5.74, 6) is 1.43. The van der Waals surface area contributed by atoms with Crippen LogP contribution in [0, 0.1) is 5.92 Å². The van der Waals surface area contributed by atoms with Gasteiger partial charge in [-0.25, -0.2) is 0 Å². The van der Waals surface area contributed by atoms with Crippen molar-refractivity contribution in [2.75, 3.05) is 27.3 Å². The minimum Gasteiger partial charge on any atom is -0.493 e. The van der Waals surface area contributed by atoms with Gasteiger partial charge in [0.25, 0.3) is 0 Å². The Labute approximate surface area is 162 Å². The van der Waals surface area contributed by atoms with Crippen molar-refractivity contribution in [2.24, 2.45) is 5.92 Å². The first-order chi connectivity index (χ1) is 12.9. The van der Waals surface area contributed by atoms with E-state index in [4.69, 9.17) is 9.47 Å². The first-order valence-electron chi connectivity index (χ1n) is 9.73. The van der Waals surface area contributed by atoms with Gasteiger partial charge in [0.1, 0.15) is 6.04 Å². The van der Waals surface area contributed by atoms with Crippen LogP contribution in [0.4, 0.5) is 0 Å². The Morgan fingerprint density at radius 2 is 1.74 bits per heavy atom. The number of rotatable bonds is 8. The molecule has 0 radical (unpaired) electrons. The second-order valence-corrected chi connectivity index (χ2v) is 7.50. The van der Waals surface area contributed by atoms with Crippen LogP contribution in [0.25, 0.3) is 0 Å². The average Bonchev–Trinajstić information content (AvgIpc) is 2.67. The fraction of sp³-hybridized carbons (Fsp3) is 0.619. The molecule has 1 fully saturated rings. The predicted molar refractivity (Wildman–Crippen MR) is 105 cm³/mol. The normalized spacial score (nSPS) is 15.4. The van der Waals surface area contributed by atoms with E-state index in [1.54, 1.807) is 26.4 Å². The fourth-order valence-corrected chi connectivity index (χ4v) is 3.45. The van der Waals surface area contributed by atoms with Crippen LogP contribution < -0.4 is 14.8 Å². The monoisotopic (exact) mass is 376 g/mol. The van der Waals surface area contributed by atoms with E-state index < -0.39 is 6.04 Å². The third-order valence-corrected chi connectivity index (χ3v) is 4.82. The molecule has 6 nitrogen and oxygen atoms in total. The zero-order chi connectivity index (χ0) is 19.8. The highest BCUT2D eigenvalue weighted by atomic mass is 16.5. The number of methoxy groups -OCH3 is 2. The van der Waals surface area contributed by atoms with E-state index in [-0.39, 0.29) is 18.2 Å². The summed E-state index contributed by atoms with van der Waals surface area (Å²) in [7, 11) is 3.14. The summed E-state index contributed by atoms with van der Waals surface area (Å²) < 4.78 is 10.5. The lowest BCUT2D eigenvalue weighted by atomic mass is 10.0. The number of nitrogens with one attached hydrogen (secondary N) is 1. The van der Waals surface area contributed by atoms with Gasteiger partial charge >= 0.3 is 0 Å². The van der Waals surface area contributed by atoms with Crippen LogP contribution in [-0.2, 0) is 16.0 Å². The minimum absolute atomic E-state index is 0.0454. The number of hydrogen-bond acceptors (Lipinski definition) is 4. The van der Waals surface area contributed by atoms with Crippen molar-refractivity contribution in [3.63, 3.8) is 0 Å². The molecule has 1 aliphatic rings. The molecule has 1 atom stereocenters. The molecule has 150 valence electrons. The van der Waals surface area contributed by atoms with Crippen molar-refractivity contribution < 1.29 is 19.1 Å². The molecule has 6 heteroatoms. The largest absolute Gasteiger partial charge is 0.493 e. The lowest BCUT2D eigenvalue weighted by molar-refractivity contribution is -0.137. The van der Waals surface area contributed by atoms with E-state index in [2.05, 4.69) is 19.2 Å². The van der Waals surface area contributed by atoms with E-state index in [0.29, 0.717) is 23.8 Å². The van der Waals surface area contributed by atoms with Crippen molar-refractivity contribution in [1.29, 1.82) is 0 Å². The molecule has 0 saturated carbocycles. The second-order valence-electron chi connectivity index (χ2n) is 7.50. The topological polar surface area (TPSA) is 67.9 Å². The molecule has 1 heterocycles. The molecule has 27 heavy (non-hydrogen) atoms. The number of nitrogens with zero attached hydrogens (tertiary/aromatic N) is 1. The molecule has 1 saturated heterocycles. The summed E-state index contributed by atoms with van der Waals surface area (Å²) >= 11 is 0. The van der Waals surface area contributed by atoms with E-state index in [1.165, 1.54) is 6.42 Å². The summed E-state index contributed by atoms with van der Waals surface area (Å²) in [6.45, 7) is 5.71. The van der Waals surface area contributed by atoms with Crippen LogP contribution >= 0.6 is 0 Å². The predicted octanol–water partition coefficient (Wildman–Crippen LogP) is 2.79. The highest BCUT2D eigenvalue weighted by molar-refractivity contribution is 5.88. The van der Waals surface area contributed by atoms with E-state index >= 15 is 0 Å². The second kappa shape index (κ2) is 10.2. The quantitative estimate of drug-likeness (QED) is 0.758. The molecular weight excluding hydrogens is 344 g/mol. The number of amides is 2. The molecule has 2 rings (SSSR count). The molecule has 0 aromatic heterocycles. The third kappa shape index (κ3) is 6.15. The maximum absolute atomic E-state index is 12.9. The number of likely N-dealkylation sites (tertiary alicyclic amines) is 1. The first-order valence-corrected chi connectivity index (χ1v) is 9.73. The Morgan fingerprint density at radius 3 is 2.33 bits per heavy atom. The van der Waals surface area contributed by atoms with Gasteiger partial charge < -0.3 is 19.7 Å². The Bertz CT molecular complexity index is 639. The van der Waals surface area contributed by atoms with Gasteiger partial charge in [0.05, 0.1) is 20.6 Å². The van der Waals surface area contributed by atoms with Gasteiger partial charge in [-0.05, 0) is 49.3 Å². The minimum atomic E-state index is -0.462. The van der Waals surface area contributed by atoms with Gasteiger partial charge in [0, 0.05) is 13.1 Å². The molecule has 0 aliphatic carbocycles. The molecule has 0 unspecified atom stereocenters. The van der Waals surface area contributed by atoms with Gasteiger partial charge in [-0.2, -0.15) is 0 Å². The Hall–Kier alpha value is -2.24. The number of carbonyl (C=O) groups excluding carboxylic acids is 2. The molecule has 1 aromatic rings. The fourth-order valence-electron chi connectivity index (χ4n) is 3.45. The van der Waals surface area contributed by atoms with Crippen molar-refractivity contribution in [3.8, 4) is 11.5 Å². The lowest BCUT2D eigenvalue weighted by Gasteiger charge is -2.31. The van der Waals surface area contributed by atoms with Crippen molar-refractivity contribution in [1.82, 2.24) is 10.2 Å². The maximum Gasteiger partial charge on any atom is 0.245 e. The van der Waals surface area contributed by atoms with Gasteiger partial charge in [0.2, 0.25) is 11.8 Å². The average molecular weight is 376 g/mol. The summed E-state index contributed by atoms with van der Waals surface area (Å²) in [4.78, 5) is 27.4. The van der Waals surface area contributed by atoms with Crippen molar-refractivity contribution in [2.45, 2.75) is 52.0 Å². The SMILES string of the molecule is COc1ccc(CC(=O)N[C@@H](CC(C)C)C(=O)N2CCCCC2)cc1OC. The number of hydrogen-bond donors (Lipinski definition) is 1. The molecule has 2 amide bonds. The summed E-state index contributed by atoms with van der Waals surface area (Å²) in [6.07, 6.45) is 4.10. The van der Waals surface area contributed by atoms with Crippen LogP contribution in [0.3, 0.4) is 0 Å². The molecule has 1 aromatic carbocycles. The number of ether oxygens (including phenoxy) is 2. The molecule has 1 aliphatic heterocycles. The lowest BCUT2D eigenvalue weighted by Crippen LogP contribution is -2.50. The zero-order valence-electron chi connectivity index (χ0n) is 16.9. The van der Waals surface area contributed by atoms with Crippen LogP contribution in [0.15, 0.2) is 18.2 Å². The highest BCUT2D eigenvalue weighted by Gasteiger charge is 2.27. The van der Waals surface area contributed by atoms with E-state index in [1.807, 2.05) is 11.0 Å². The van der Waals surface area contributed by atoms with Crippen LogP contribution in [0.1, 0.15) is 45.1 Å². The molecule has 0 bridgehead atoms. The van der Waals surface area contributed by atoms with E-state index in [0.717, 1.165) is 31.5 Å². The van der Waals surface area contributed by atoms with Crippen LogP contribution in [0.2, 0.25) is 0 Å². The first kappa shape index (κ1) is 21.1. The number of piperidine rings is 1. The third-order valence-electron chi connectivity index (χ3n) is 4.82.